The molecule has 0 bridgehead atoms. The van der Waals surface area contributed by atoms with Crippen molar-refractivity contribution >= 4 is 12.0 Å². The summed E-state index contributed by atoms with van der Waals surface area (Å²) < 4.78 is 10.6. The third-order valence-electron chi connectivity index (χ3n) is 3.86. The lowest BCUT2D eigenvalue weighted by molar-refractivity contribution is -0.131. The van der Waals surface area contributed by atoms with Gasteiger partial charge in [-0.3, -0.25) is 4.79 Å². The lowest BCUT2D eigenvalue weighted by Crippen LogP contribution is -2.48. The summed E-state index contributed by atoms with van der Waals surface area (Å²) in [6, 6.07) is 0.135. The van der Waals surface area contributed by atoms with E-state index in [0.717, 1.165) is 25.7 Å². The summed E-state index contributed by atoms with van der Waals surface area (Å²) in [5, 5.41) is 3.03. The minimum atomic E-state index is -0.279. The Kier molecular flexibility index (Phi) is 5.85. The predicted molar refractivity (Wildman–Crippen MR) is 77.9 cm³/mol. The molecule has 0 saturated carbocycles. The van der Waals surface area contributed by atoms with Crippen LogP contribution in [0, 0.1) is 5.92 Å². The molecule has 1 atom stereocenters. The first-order valence-electron chi connectivity index (χ1n) is 7.90. The summed E-state index contributed by atoms with van der Waals surface area (Å²) in [5.74, 6) is 0.338. The molecule has 6 heteroatoms. The van der Waals surface area contributed by atoms with E-state index in [2.05, 4.69) is 5.32 Å². The Morgan fingerprint density at radius 1 is 1.29 bits per heavy atom. The number of piperidine rings is 1. The van der Waals surface area contributed by atoms with Crippen molar-refractivity contribution in [1.29, 1.82) is 0 Å². The maximum Gasteiger partial charge on any atom is 0.409 e. The molecule has 1 N–H and O–H groups in total. The number of rotatable bonds is 4. The van der Waals surface area contributed by atoms with Gasteiger partial charge in [-0.25, -0.2) is 4.79 Å². The topological polar surface area (TPSA) is 67.9 Å². The summed E-state index contributed by atoms with van der Waals surface area (Å²) in [6.45, 7) is 6.42. The molecule has 0 radical (unpaired) electrons. The van der Waals surface area contributed by atoms with Crippen molar-refractivity contribution in [3.05, 3.63) is 0 Å². The van der Waals surface area contributed by atoms with Crippen LogP contribution in [-0.4, -0.2) is 55.3 Å². The van der Waals surface area contributed by atoms with Gasteiger partial charge in [0.15, 0.2) is 0 Å². The number of hydrogen-bond acceptors (Lipinski definition) is 4. The van der Waals surface area contributed by atoms with E-state index in [9.17, 15) is 9.59 Å². The van der Waals surface area contributed by atoms with E-state index in [0.29, 0.717) is 32.2 Å². The van der Waals surface area contributed by atoms with Gasteiger partial charge in [0.1, 0.15) is 6.10 Å². The van der Waals surface area contributed by atoms with Crippen molar-refractivity contribution in [2.45, 2.75) is 51.7 Å². The molecule has 2 heterocycles. The second kappa shape index (κ2) is 7.64. The minimum Gasteiger partial charge on any atom is -0.449 e. The van der Waals surface area contributed by atoms with E-state index in [-0.39, 0.29) is 24.1 Å². The average molecular weight is 298 g/mol. The van der Waals surface area contributed by atoms with Crippen LogP contribution in [0.1, 0.15) is 39.5 Å². The SMILES string of the molecule is CC(C)COC(=O)N1CCC(NC(=O)C2CCCO2)CC1. The molecule has 2 aliphatic rings. The zero-order valence-electron chi connectivity index (χ0n) is 13.0. The van der Waals surface area contributed by atoms with E-state index >= 15 is 0 Å². The van der Waals surface area contributed by atoms with Gasteiger partial charge in [0.2, 0.25) is 5.91 Å². The number of carbonyl (C=O) groups excluding carboxylic acids is 2. The fraction of sp³-hybridized carbons (Fsp3) is 0.867. The van der Waals surface area contributed by atoms with Gasteiger partial charge >= 0.3 is 6.09 Å². The Bertz CT molecular complexity index is 359. The molecule has 2 saturated heterocycles. The molecule has 21 heavy (non-hydrogen) atoms. The molecule has 2 fully saturated rings. The highest BCUT2D eigenvalue weighted by Gasteiger charge is 2.28. The van der Waals surface area contributed by atoms with Crippen LogP contribution in [0.15, 0.2) is 0 Å². The third-order valence-corrected chi connectivity index (χ3v) is 3.86. The number of likely N-dealkylation sites (tertiary alicyclic amines) is 1. The van der Waals surface area contributed by atoms with Crippen LogP contribution < -0.4 is 5.32 Å². The molecule has 1 unspecified atom stereocenters. The molecule has 0 aliphatic carbocycles. The highest BCUT2D eigenvalue weighted by Crippen LogP contribution is 2.15. The number of amides is 2. The Hall–Kier alpha value is -1.30. The van der Waals surface area contributed by atoms with Crippen molar-refractivity contribution in [2.24, 2.45) is 5.92 Å². The van der Waals surface area contributed by atoms with Crippen LogP contribution >= 0.6 is 0 Å². The van der Waals surface area contributed by atoms with Crippen molar-refractivity contribution in [2.75, 3.05) is 26.3 Å². The highest BCUT2D eigenvalue weighted by atomic mass is 16.6. The molecular weight excluding hydrogens is 272 g/mol. The normalized spacial score (nSPS) is 23.4. The molecule has 2 aliphatic heterocycles. The first-order chi connectivity index (χ1) is 10.1. The summed E-state index contributed by atoms with van der Waals surface area (Å²) in [4.78, 5) is 25.5. The Labute approximate surface area is 126 Å². The second-order valence-corrected chi connectivity index (χ2v) is 6.24. The van der Waals surface area contributed by atoms with Crippen LogP contribution in [0.4, 0.5) is 4.79 Å². The van der Waals surface area contributed by atoms with Crippen molar-refractivity contribution in [3.63, 3.8) is 0 Å². The van der Waals surface area contributed by atoms with Gasteiger partial charge in [0, 0.05) is 25.7 Å². The largest absolute Gasteiger partial charge is 0.449 e. The van der Waals surface area contributed by atoms with Gasteiger partial charge in [-0.2, -0.15) is 0 Å². The second-order valence-electron chi connectivity index (χ2n) is 6.24. The maximum atomic E-state index is 12.0. The summed E-state index contributed by atoms with van der Waals surface area (Å²) >= 11 is 0. The molecule has 2 amide bonds. The molecule has 0 aromatic carbocycles. The molecule has 0 aromatic rings. The standard InChI is InChI=1S/C15H26N2O4/c1-11(2)10-21-15(19)17-7-5-12(6-8-17)16-14(18)13-4-3-9-20-13/h11-13H,3-10H2,1-2H3,(H,16,18). The van der Waals surface area contributed by atoms with Gasteiger partial charge in [-0.05, 0) is 31.6 Å². The lowest BCUT2D eigenvalue weighted by Gasteiger charge is -2.32. The lowest BCUT2D eigenvalue weighted by atomic mass is 10.0. The predicted octanol–water partition coefficient (Wildman–Crippen LogP) is 1.54. The Morgan fingerprint density at radius 3 is 2.57 bits per heavy atom. The number of nitrogens with one attached hydrogen (secondary N) is 1. The molecule has 0 spiro atoms. The zero-order chi connectivity index (χ0) is 15.2. The third kappa shape index (κ3) is 4.88. The quantitative estimate of drug-likeness (QED) is 0.855. The summed E-state index contributed by atoms with van der Waals surface area (Å²) in [6.07, 6.45) is 2.79. The molecule has 0 aromatic heterocycles. The number of ether oxygens (including phenoxy) is 2. The fourth-order valence-electron chi connectivity index (χ4n) is 2.61. The zero-order valence-corrected chi connectivity index (χ0v) is 13.0. The van der Waals surface area contributed by atoms with Crippen molar-refractivity contribution < 1.29 is 19.1 Å². The van der Waals surface area contributed by atoms with Crippen LogP contribution in [0.5, 0.6) is 0 Å². The molecule has 2 rings (SSSR count). The fourth-order valence-corrected chi connectivity index (χ4v) is 2.61. The Morgan fingerprint density at radius 2 is 2.00 bits per heavy atom. The number of hydrogen-bond donors (Lipinski definition) is 1. The number of nitrogens with zero attached hydrogens (tertiary/aromatic N) is 1. The molecule has 6 nitrogen and oxygen atoms in total. The molecule has 120 valence electrons. The number of carbonyl (C=O) groups is 2. The monoisotopic (exact) mass is 298 g/mol. The van der Waals surface area contributed by atoms with Gasteiger partial charge in [-0.1, -0.05) is 13.8 Å². The summed E-state index contributed by atoms with van der Waals surface area (Å²) in [5.41, 5.74) is 0. The Balaban J connectivity index is 1.67. The summed E-state index contributed by atoms with van der Waals surface area (Å²) in [7, 11) is 0. The average Bonchev–Trinajstić information content (AvgIpc) is 3.00. The van der Waals surface area contributed by atoms with E-state index < -0.39 is 0 Å². The maximum absolute atomic E-state index is 12.0. The highest BCUT2D eigenvalue weighted by molar-refractivity contribution is 5.81. The van der Waals surface area contributed by atoms with Crippen molar-refractivity contribution in [1.82, 2.24) is 10.2 Å². The first kappa shape index (κ1) is 16.1. The van der Waals surface area contributed by atoms with Gasteiger partial charge in [0.25, 0.3) is 0 Å². The first-order valence-corrected chi connectivity index (χ1v) is 7.90. The van der Waals surface area contributed by atoms with Crippen LogP contribution in [0.2, 0.25) is 0 Å². The van der Waals surface area contributed by atoms with E-state index in [4.69, 9.17) is 9.47 Å². The van der Waals surface area contributed by atoms with Crippen molar-refractivity contribution in [3.8, 4) is 0 Å². The van der Waals surface area contributed by atoms with E-state index in [1.165, 1.54) is 0 Å². The smallest absolute Gasteiger partial charge is 0.409 e. The minimum absolute atomic E-state index is 0.00617. The van der Waals surface area contributed by atoms with Gasteiger partial charge < -0.3 is 19.7 Å². The van der Waals surface area contributed by atoms with Crippen LogP contribution in [0.25, 0.3) is 0 Å². The van der Waals surface area contributed by atoms with E-state index in [1.807, 2.05) is 13.8 Å². The van der Waals surface area contributed by atoms with Crippen LogP contribution in [0.3, 0.4) is 0 Å². The molecular formula is C15H26N2O4. The van der Waals surface area contributed by atoms with Crippen LogP contribution in [-0.2, 0) is 14.3 Å². The van der Waals surface area contributed by atoms with Gasteiger partial charge in [-0.15, -0.1) is 0 Å². The van der Waals surface area contributed by atoms with E-state index in [1.54, 1.807) is 4.90 Å². The van der Waals surface area contributed by atoms with Gasteiger partial charge in [0.05, 0.1) is 6.61 Å².